The van der Waals surface area contributed by atoms with Gasteiger partial charge < -0.3 is 0 Å². The first kappa shape index (κ1) is 10.7. The first-order valence-electron chi connectivity index (χ1n) is 4.40. The highest BCUT2D eigenvalue weighted by molar-refractivity contribution is 7.16. The highest BCUT2D eigenvalue weighted by Gasteiger charge is 2.29. The number of hydrogen-bond donors (Lipinski definition) is 0. The summed E-state index contributed by atoms with van der Waals surface area (Å²) < 4.78 is 0.939. The Morgan fingerprint density at radius 3 is 2.69 bits per heavy atom. The molecule has 1 aliphatic rings. The molecule has 0 saturated heterocycles. The van der Waals surface area contributed by atoms with Crippen LogP contribution >= 0.6 is 9.39 Å². The van der Waals surface area contributed by atoms with Gasteiger partial charge in [-0.15, -0.1) is 0 Å². The number of non-ortho nitro benzene ring substituents is 1. The van der Waals surface area contributed by atoms with Crippen LogP contribution in [0.2, 0.25) is 0 Å². The monoisotopic (exact) mass is 238 g/mol. The van der Waals surface area contributed by atoms with Crippen molar-refractivity contribution < 1.29 is 14.5 Å². The lowest BCUT2D eigenvalue weighted by molar-refractivity contribution is -0.384. The van der Waals surface area contributed by atoms with Gasteiger partial charge in [-0.25, -0.2) is 0 Å². The zero-order valence-electron chi connectivity index (χ0n) is 8.04. The summed E-state index contributed by atoms with van der Waals surface area (Å²) in [6, 6.07) is 3.90. The number of carbonyl (C=O) groups excluding carboxylic acids is 2. The molecular weight excluding hydrogens is 231 g/mol. The van der Waals surface area contributed by atoms with Crippen LogP contribution in [0.25, 0.3) is 0 Å². The van der Waals surface area contributed by atoms with E-state index in [1.54, 1.807) is 0 Å². The maximum Gasteiger partial charge on any atom is 0.269 e. The van der Waals surface area contributed by atoms with Crippen molar-refractivity contribution in [2.75, 3.05) is 0 Å². The van der Waals surface area contributed by atoms with Crippen LogP contribution in [0.4, 0.5) is 5.69 Å². The van der Waals surface area contributed by atoms with E-state index in [-0.39, 0.29) is 18.0 Å². The maximum absolute atomic E-state index is 11.6. The standard InChI is InChI=1S/C9H7N2O4P/c12-8-4-5-3-6(11(14)15)1-2-7(5)9(13)10(8)16/h1-3H,4,16H2. The molecule has 1 aromatic rings. The molecule has 1 unspecified atom stereocenters. The summed E-state index contributed by atoms with van der Waals surface area (Å²) in [6.07, 6.45) is 0.00620. The highest BCUT2D eigenvalue weighted by Crippen LogP contribution is 2.25. The van der Waals surface area contributed by atoms with Gasteiger partial charge in [0.25, 0.3) is 11.6 Å². The Hall–Kier alpha value is -1.81. The van der Waals surface area contributed by atoms with E-state index >= 15 is 0 Å². The van der Waals surface area contributed by atoms with Crippen molar-refractivity contribution in [2.45, 2.75) is 6.42 Å². The van der Waals surface area contributed by atoms with E-state index in [2.05, 4.69) is 0 Å². The lowest BCUT2D eigenvalue weighted by atomic mass is 9.99. The van der Waals surface area contributed by atoms with Crippen molar-refractivity contribution in [1.82, 2.24) is 4.67 Å². The summed E-state index contributed by atoms with van der Waals surface area (Å²) >= 11 is 0. The molecule has 6 nitrogen and oxygen atoms in total. The number of imide groups is 1. The van der Waals surface area contributed by atoms with Crippen LogP contribution in [0.3, 0.4) is 0 Å². The summed E-state index contributed by atoms with van der Waals surface area (Å²) in [6.45, 7) is 0. The van der Waals surface area contributed by atoms with Gasteiger partial charge in [0.1, 0.15) is 0 Å². The molecule has 2 amide bonds. The molecule has 1 heterocycles. The Balaban J connectivity index is 2.53. The maximum atomic E-state index is 11.6. The fraction of sp³-hybridized carbons (Fsp3) is 0.111. The summed E-state index contributed by atoms with van der Waals surface area (Å²) in [5.74, 6) is -0.839. The second kappa shape index (κ2) is 3.64. The fourth-order valence-corrected chi connectivity index (χ4v) is 1.77. The van der Waals surface area contributed by atoms with Gasteiger partial charge in [-0.05, 0) is 21.0 Å². The summed E-state index contributed by atoms with van der Waals surface area (Å²) in [4.78, 5) is 33.0. The van der Waals surface area contributed by atoms with E-state index in [1.807, 2.05) is 9.39 Å². The molecular formula is C9H7N2O4P. The van der Waals surface area contributed by atoms with E-state index < -0.39 is 10.8 Å². The lowest BCUT2D eigenvalue weighted by Crippen LogP contribution is -2.34. The van der Waals surface area contributed by atoms with Crippen LogP contribution in [-0.4, -0.2) is 21.4 Å². The minimum absolute atomic E-state index is 0.00620. The van der Waals surface area contributed by atoms with Gasteiger partial charge in [-0.2, -0.15) is 0 Å². The average Bonchev–Trinajstić information content (AvgIpc) is 2.25. The molecule has 1 aromatic carbocycles. The van der Waals surface area contributed by atoms with Crippen molar-refractivity contribution in [3.8, 4) is 0 Å². The number of amides is 2. The molecule has 7 heteroatoms. The number of benzene rings is 1. The van der Waals surface area contributed by atoms with Crippen molar-refractivity contribution in [3.63, 3.8) is 0 Å². The zero-order valence-corrected chi connectivity index (χ0v) is 9.20. The van der Waals surface area contributed by atoms with Crippen LogP contribution in [0.1, 0.15) is 15.9 Å². The van der Waals surface area contributed by atoms with E-state index in [0.717, 1.165) is 4.67 Å². The zero-order chi connectivity index (χ0) is 11.9. The normalized spacial score (nSPS) is 14.9. The lowest BCUT2D eigenvalue weighted by Gasteiger charge is -2.22. The third kappa shape index (κ3) is 1.57. The number of nitro benzene ring substituents is 1. The number of hydrogen-bond acceptors (Lipinski definition) is 4. The molecule has 1 aliphatic heterocycles. The second-order valence-corrected chi connectivity index (χ2v) is 3.86. The Labute approximate surface area is 92.6 Å². The number of fused-ring (bicyclic) bond motifs is 1. The topological polar surface area (TPSA) is 80.5 Å². The van der Waals surface area contributed by atoms with Gasteiger partial charge in [0.2, 0.25) is 5.91 Å². The number of carbonyl (C=O) groups is 2. The smallest absolute Gasteiger partial charge is 0.269 e. The molecule has 0 spiro atoms. The molecule has 0 aromatic heterocycles. The fourth-order valence-electron chi connectivity index (χ4n) is 1.54. The van der Waals surface area contributed by atoms with E-state index in [4.69, 9.17) is 0 Å². The number of nitro groups is 1. The van der Waals surface area contributed by atoms with Gasteiger partial charge in [-0.1, -0.05) is 0 Å². The summed E-state index contributed by atoms with van der Waals surface area (Å²) in [5, 5.41) is 10.5. The molecule has 0 radical (unpaired) electrons. The third-order valence-corrected chi connectivity index (χ3v) is 2.88. The average molecular weight is 238 g/mol. The largest absolute Gasteiger partial charge is 0.274 e. The predicted octanol–water partition coefficient (Wildman–Crippen LogP) is 0.910. The summed E-state index contributed by atoms with van der Waals surface area (Å²) in [5.41, 5.74) is 0.625. The Bertz CT molecular complexity index is 514. The highest BCUT2D eigenvalue weighted by atomic mass is 31.0. The minimum atomic E-state index is -0.553. The quantitative estimate of drug-likeness (QED) is 0.315. The van der Waals surface area contributed by atoms with Crippen LogP contribution in [0.5, 0.6) is 0 Å². The Morgan fingerprint density at radius 2 is 2.06 bits per heavy atom. The molecule has 1 atom stereocenters. The van der Waals surface area contributed by atoms with Crippen molar-refractivity contribution in [3.05, 3.63) is 39.4 Å². The molecule has 0 bridgehead atoms. The van der Waals surface area contributed by atoms with Gasteiger partial charge in [0.15, 0.2) is 0 Å². The van der Waals surface area contributed by atoms with Gasteiger partial charge in [0.05, 0.1) is 11.3 Å². The SMILES string of the molecule is O=C1Cc2cc([N+](=O)[O-])ccc2C(=O)N1P. The third-order valence-electron chi connectivity index (χ3n) is 2.36. The number of nitrogens with zero attached hydrogens (tertiary/aromatic N) is 2. The van der Waals surface area contributed by atoms with Gasteiger partial charge in [-0.3, -0.25) is 24.4 Å². The molecule has 82 valence electrons. The Kier molecular flexibility index (Phi) is 2.44. The van der Waals surface area contributed by atoms with Crippen LogP contribution in [0, 0.1) is 10.1 Å². The molecule has 0 aliphatic carbocycles. The molecule has 0 N–H and O–H groups in total. The molecule has 0 fully saturated rings. The van der Waals surface area contributed by atoms with Crippen molar-refractivity contribution >= 4 is 26.9 Å². The second-order valence-electron chi connectivity index (χ2n) is 3.34. The van der Waals surface area contributed by atoms with Crippen LogP contribution in [-0.2, 0) is 11.2 Å². The van der Waals surface area contributed by atoms with Crippen molar-refractivity contribution in [1.29, 1.82) is 0 Å². The van der Waals surface area contributed by atoms with E-state index in [9.17, 15) is 19.7 Å². The van der Waals surface area contributed by atoms with Crippen molar-refractivity contribution in [2.24, 2.45) is 0 Å². The molecule has 2 rings (SSSR count). The molecule has 0 saturated carbocycles. The van der Waals surface area contributed by atoms with Gasteiger partial charge >= 0.3 is 0 Å². The minimum Gasteiger partial charge on any atom is -0.274 e. The van der Waals surface area contributed by atoms with Crippen LogP contribution in [0.15, 0.2) is 18.2 Å². The first-order chi connectivity index (χ1) is 7.50. The van der Waals surface area contributed by atoms with E-state index in [1.165, 1.54) is 18.2 Å². The summed E-state index contributed by atoms with van der Waals surface area (Å²) in [7, 11) is 2.04. The first-order valence-corrected chi connectivity index (χ1v) is 4.91. The van der Waals surface area contributed by atoms with Crippen LogP contribution < -0.4 is 0 Å². The molecule has 16 heavy (non-hydrogen) atoms. The predicted molar refractivity (Wildman–Crippen MR) is 57.7 cm³/mol. The van der Waals surface area contributed by atoms with E-state index in [0.29, 0.717) is 11.1 Å². The van der Waals surface area contributed by atoms with Gasteiger partial charge in [0, 0.05) is 17.7 Å². The number of rotatable bonds is 1. The Morgan fingerprint density at radius 1 is 1.38 bits per heavy atom.